The highest BCUT2D eigenvalue weighted by molar-refractivity contribution is 9.10. The first-order valence-electron chi connectivity index (χ1n) is 8.67. The average Bonchev–Trinajstić information content (AvgIpc) is 2.65. The number of aromatic amines is 1. The third-order valence-electron chi connectivity index (χ3n) is 4.80. The van der Waals surface area contributed by atoms with Gasteiger partial charge in [-0.2, -0.15) is 0 Å². The predicted octanol–water partition coefficient (Wildman–Crippen LogP) is 2.46. The van der Waals surface area contributed by atoms with Crippen molar-refractivity contribution in [3.63, 3.8) is 0 Å². The fourth-order valence-electron chi connectivity index (χ4n) is 3.42. The van der Waals surface area contributed by atoms with Crippen molar-refractivity contribution < 1.29 is 0 Å². The summed E-state index contributed by atoms with van der Waals surface area (Å²) in [5.74, 6) is 0.675. The molecule has 0 fully saturated rings. The quantitative estimate of drug-likeness (QED) is 0.856. The minimum absolute atomic E-state index is 0.0215. The van der Waals surface area contributed by atoms with Gasteiger partial charge in [-0.25, -0.2) is 4.98 Å². The van der Waals surface area contributed by atoms with Gasteiger partial charge in [-0.1, -0.05) is 0 Å². The van der Waals surface area contributed by atoms with Crippen LogP contribution < -0.4 is 5.56 Å². The monoisotopic (exact) mass is 401 g/mol. The number of aromatic nitrogens is 3. The number of hydrogen-bond donors (Lipinski definition) is 1. The summed E-state index contributed by atoms with van der Waals surface area (Å²) >= 11 is 3.54. The molecule has 0 spiro atoms. The molecule has 4 heterocycles. The van der Waals surface area contributed by atoms with Gasteiger partial charge in [0.1, 0.15) is 0 Å². The number of halogens is 1. The van der Waals surface area contributed by atoms with Crippen LogP contribution in [-0.4, -0.2) is 38.7 Å². The number of fused-ring (bicyclic) bond motifs is 1. The molecule has 0 unspecified atom stereocenters. The zero-order chi connectivity index (χ0) is 17.2. The summed E-state index contributed by atoms with van der Waals surface area (Å²) in [5.41, 5.74) is 3.82. The van der Waals surface area contributed by atoms with E-state index in [1.807, 2.05) is 6.07 Å². The Morgan fingerprint density at radius 1 is 1.28 bits per heavy atom. The van der Waals surface area contributed by atoms with Crippen molar-refractivity contribution in [2.75, 3.05) is 13.1 Å². The molecule has 0 radical (unpaired) electrons. The van der Waals surface area contributed by atoms with E-state index in [4.69, 9.17) is 4.98 Å². The normalized spacial score (nSPS) is 17.9. The molecule has 2 aromatic heterocycles. The third-order valence-corrected chi connectivity index (χ3v) is 5.51. The molecule has 1 N–H and O–H groups in total. The number of nitrogens with zero attached hydrogens (tertiary/aromatic N) is 4. The Bertz CT molecular complexity index is 876. The molecule has 0 aliphatic carbocycles. The van der Waals surface area contributed by atoms with Gasteiger partial charge in [0.25, 0.3) is 5.56 Å². The van der Waals surface area contributed by atoms with Crippen LogP contribution in [0.25, 0.3) is 0 Å². The van der Waals surface area contributed by atoms with Crippen molar-refractivity contribution in [2.45, 2.75) is 38.8 Å². The molecule has 6 nitrogen and oxygen atoms in total. The van der Waals surface area contributed by atoms with Crippen LogP contribution in [-0.2, 0) is 19.5 Å². The molecule has 0 bridgehead atoms. The Morgan fingerprint density at radius 3 is 3.00 bits per heavy atom. The predicted molar refractivity (Wildman–Crippen MR) is 99.9 cm³/mol. The van der Waals surface area contributed by atoms with Crippen molar-refractivity contribution in [3.8, 4) is 0 Å². The number of pyridine rings is 1. The van der Waals surface area contributed by atoms with Gasteiger partial charge < -0.3 is 4.98 Å². The largest absolute Gasteiger partial charge is 0.305 e. The summed E-state index contributed by atoms with van der Waals surface area (Å²) < 4.78 is 0.999. The molecule has 2 aliphatic rings. The van der Waals surface area contributed by atoms with Crippen LogP contribution in [0.5, 0.6) is 0 Å². The molecule has 25 heavy (non-hydrogen) atoms. The maximum Gasteiger partial charge on any atom is 0.255 e. The van der Waals surface area contributed by atoms with E-state index in [1.54, 1.807) is 12.4 Å². The molecule has 4 rings (SSSR count). The average molecular weight is 402 g/mol. The van der Waals surface area contributed by atoms with Gasteiger partial charge >= 0.3 is 0 Å². The first-order valence-corrected chi connectivity index (χ1v) is 9.46. The topological polar surface area (TPSA) is 74.2 Å². The van der Waals surface area contributed by atoms with E-state index >= 15 is 0 Å². The number of H-pyrrole nitrogens is 1. The molecule has 0 saturated heterocycles. The van der Waals surface area contributed by atoms with Crippen LogP contribution in [0.15, 0.2) is 32.7 Å². The Balaban J connectivity index is 1.56. The van der Waals surface area contributed by atoms with Gasteiger partial charge in [-0.15, -0.1) is 0 Å². The summed E-state index contributed by atoms with van der Waals surface area (Å²) in [7, 11) is 0. The van der Waals surface area contributed by atoms with Gasteiger partial charge in [0, 0.05) is 49.5 Å². The van der Waals surface area contributed by atoms with Gasteiger partial charge in [0.05, 0.1) is 17.0 Å². The minimum Gasteiger partial charge on any atom is -0.305 e. The zero-order valence-electron chi connectivity index (χ0n) is 14.0. The Hall–Kier alpha value is -1.86. The summed E-state index contributed by atoms with van der Waals surface area (Å²) in [5, 5.41) is 0. The molecule has 2 aromatic rings. The van der Waals surface area contributed by atoms with Crippen LogP contribution in [0.4, 0.5) is 0 Å². The van der Waals surface area contributed by atoms with Crippen molar-refractivity contribution >= 4 is 21.6 Å². The molecule has 2 aliphatic heterocycles. The molecule has 0 aromatic carbocycles. The lowest BCUT2D eigenvalue weighted by molar-refractivity contribution is 0.241. The van der Waals surface area contributed by atoms with E-state index in [9.17, 15) is 4.79 Å². The van der Waals surface area contributed by atoms with E-state index in [2.05, 4.69) is 35.8 Å². The van der Waals surface area contributed by atoms with Crippen LogP contribution in [0.2, 0.25) is 0 Å². The van der Waals surface area contributed by atoms with E-state index in [-0.39, 0.29) is 5.56 Å². The second kappa shape index (κ2) is 7.17. The summed E-state index contributed by atoms with van der Waals surface area (Å²) in [4.78, 5) is 31.2. The van der Waals surface area contributed by atoms with Crippen LogP contribution in [0.3, 0.4) is 0 Å². The van der Waals surface area contributed by atoms with Crippen molar-refractivity contribution in [2.24, 2.45) is 4.99 Å². The molecule has 7 heteroatoms. The van der Waals surface area contributed by atoms with Crippen molar-refractivity contribution in [1.29, 1.82) is 0 Å². The van der Waals surface area contributed by atoms with Crippen molar-refractivity contribution in [1.82, 2.24) is 19.9 Å². The lowest BCUT2D eigenvalue weighted by Crippen LogP contribution is -2.36. The Morgan fingerprint density at radius 2 is 2.20 bits per heavy atom. The first-order chi connectivity index (χ1) is 12.2. The van der Waals surface area contributed by atoms with Gasteiger partial charge in [0.15, 0.2) is 5.82 Å². The zero-order valence-corrected chi connectivity index (χ0v) is 15.5. The van der Waals surface area contributed by atoms with Gasteiger partial charge in [-0.3, -0.25) is 19.7 Å². The lowest BCUT2D eigenvalue weighted by Gasteiger charge is -2.28. The number of aliphatic imine (C=N–C) groups is 1. The highest BCUT2D eigenvalue weighted by atomic mass is 79.9. The molecule has 130 valence electrons. The molecule has 0 amide bonds. The van der Waals surface area contributed by atoms with E-state index < -0.39 is 0 Å². The summed E-state index contributed by atoms with van der Waals surface area (Å²) in [6, 6.07) is 2.01. The maximum absolute atomic E-state index is 12.6. The second-order valence-electron chi connectivity index (χ2n) is 6.55. The number of rotatable bonds is 3. The van der Waals surface area contributed by atoms with Crippen LogP contribution in [0.1, 0.15) is 41.9 Å². The van der Waals surface area contributed by atoms with Crippen molar-refractivity contribution in [3.05, 3.63) is 55.9 Å². The molecule has 0 atom stereocenters. The smallest absolute Gasteiger partial charge is 0.255 e. The number of hydrogen-bond acceptors (Lipinski definition) is 5. The number of nitrogens with one attached hydrogen (secondary N) is 1. The summed E-state index contributed by atoms with van der Waals surface area (Å²) in [6.45, 7) is 3.14. The fourth-order valence-corrected chi connectivity index (χ4v) is 3.79. The van der Waals surface area contributed by atoms with Crippen LogP contribution >= 0.6 is 15.9 Å². The standard InChI is InChI=1S/C18H20BrN5O/c19-14-9-20-7-4-12(14)10-24-8-5-15-13(11-24)18(25)23-17(22-15)16-3-1-2-6-21-16/h4,7,9H,1-3,5-6,8,10-11H2,(H,22,23,25). The Labute approximate surface area is 154 Å². The third kappa shape index (κ3) is 3.57. The van der Waals surface area contributed by atoms with E-state index in [1.165, 1.54) is 5.56 Å². The molecular formula is C18H20BrN5O. The van der Waals surface area contributed by atoms with Gasteiger partial charge in [-0.05, 0) is 46.8 Å². The molecule has 0 saturated carbocycles. The Kier molecular flexibility index (Phi) is 4.76. The fraction of sp³-hybridized carbons (Fsp3) is 0.444. The minimum atomic E-state index is -0.0215. The maximum atomic E-state index is 12.6. The van der Waals surface area contributed by atoms with Gasteiger partial charge in [0.2, 0.25) is 0 Å². The highest BCUT2D eigenvalue weighted by Crippen LogP contribution is 2.21. The highest BCUT2D eigenvalue weighted by Gasteiger charge is 2.23. The second-order valence-corrected chi connectivity index (χ2v) is 7.41. The summed E-state index contributed by atoms with van der Waals surface area (Å²) in [6.07, 6.45) is 7.54. The lowest BCUT2D eigenvalue weighted by atomic mass is 10.0. The van der Waals surface area contributed by atoms with E-state index in [0.29, 0.717) is 12.4 Å². The molecular weight excluding hydrogens is 382 g/mol. The van der Waals surface area contributed by atoms with Crippen LogP contribution in [0, 0.1) is 0 Å². The van der Waals surface area contributed by atoms with E-state index in [0.717, 1.165) is 66.8 Å². The SMILES string of the molecule is O=c1[nH]c(C2=NCCCC2)nc2c1CN(Cc1ccncc1Br)CC2. The first kappa shape index (κ1) is 16.6.